The molecular weight excluding hydrogens is 295 g/mol. The van der Waals surface area contributed by atoms with Gasteiger partial charge in [0.15, 0.2) is 0 Å². The number of alkyl halides is 6. The van der Waals surface area contributed by atoms with Gasteiger partial charge in [-0.25, -0.2) is 9.59 Å². The third kappa shape index (κ3) is 10.1. The zero-order chi connectivity index (χ0) is 14.3. The van der Waals surface area contributed by atoms with Gasteiger partial charge in [-0.3, -0.25) is 0 Å². The minimum Gasteiger partial charge on any atom is -0.464 e. The van der Waals surface area contributed by atoms with Crippen LogP contribution in [0.5, 0.6) is 0 Å². The molecule has 0 aliphatic rings. The summed E-state index contributed by atoms with van der Waals surface area (Å²) in [5.74, 6) is -3.44. The van der Waals surface area contributed by atoms with Crippen molar-refractivity contribution in [2.24, 2.45) is 0 Å². The number of halogens is 6. The molecule has 0 rings (SSSR count). The topological polar surface area (TPSA) is 52.6 Å². The molecule has 17 heavy (non-hydrogen) atoms. The summed E-state index contributed by atoms with van der Waals surface area (Å²) in [6.45, 7) is 1.32. The number of hydrogen-bond donors (Lipinski definition) is 0. The predicted molar refractivity (Wildman–Crippen MR) is 50.2 cm³/mol. The van der Waals surface area contributed by atoms with Crippen LogP contribution in [-0.4, -0.2) is 36.4 Å². The number of carbonyl (C=O) groups excluding carboxylic acids is 2. The van der Waals surface area contributed by atoms with Crippen molar-refractivity contribution in [1.29, 1.82) is 0 Å². The monoisotopic (exact) mass is 302 g/mol. The first-order valence-electron chi connectivity index (χ1n) is 3.85. The molecule has 102 valence electrons. The van der Waals surface area contributed by atoms with Crippen LogP contribution in [0.15, 0.2) is 0 Å². The quantitative estimate of drug-likeness (QED) is 0.456. The van der Waals surface area contributed by atoms with Crippen molar-refractivity contribution in [3.05, 3.63) is 0 Å². The molecule has 4 nitrogen and oxygen atoms in total. The van der Waals surface area contributed by atoms with Crippen molar-refractivity contribution in [2.75, 3.05) is 13.7 Å². The maximum atomic E-state index is 11.6. The van der Waals surface area contributed by atoms with Crippen molar-refractivity contribution >= 4 is 35.1 Å². The van der Waals surface area contributed by atoms with Gasteiger partial charge in [0.05, 0.1) is 13.7 Å². The molecule has 0 bridgehead atoms. The number of methoxy groups -OCH3 is 1. The van der Waals surface area contributed by atoms with Crippen LogP contribution in [0.3, 0.4) is 0 Å². The second kappa shape index (κ2) is 7.54. The Hall–Kier alpha value is -0.760. The van der Waals surface area contributed by atoms with Gasteiger partial charge in [-0.2, -0.15) is 17.6 Å². The van der Waals surface area contributed by atoms with E-state index in [1.54, 1.807) is 0 Å². The van der Waals surface area contributed by atoms with E-state index < -0.39 is 22.7 Å². The number of rotatable bonds is 3. The van der Waals surface area contributed by atoms with Gasteiger partial charge in [-0.1, -0.05) is 0 Å². The maximum absolute atomic E-state index is 11.6. The van der Waals surface area contributed by atoms with Gasteiger partial charge in [-0.15, -0.1) is 0 Å². The van der Waals surface area contributed by atoms with E-state index in [1.165, 1.54) is 6.92 Å². The molecule has 0 aromatic carbocycles. The fraction of sp³-hybridized carbons (Fsp3) is 0.714. The summed E-state index contributed by atoms with van der Waals surface area (Å²) in [5, 5.41) is -7.76. The molecule has 0 atom stereocenters. The molecule has 0 amide bonds. The highest BCUT2D eigenvalue weighted by atomic mass is 35.5. The van der Waals surface area contributed by atoms with Crippen molar-refractivity contribution in [3.63, 3.8) is 0 Å². The van der Waals surface area contributed by atoms with E-state index in [9.17, 15) is 27.2 Å². The van der Waals surface area contributed by atoms with Gasteiger partial charge in [0.25, 0.3) is 0 Å². The standard InChI is InChI=1S/C4H5ClF2O2.C3H3ClF2O2/c1-2-9-3(8)4(5,6)7;1-8-2(7)3(4,5)6/h2H2,1H3;1H3. The third-order valence-electron chi connectivity index (χ3n) is 0.924. The smallest absolute Gasteiger partial charge is 0.417 e. The van der Waals surface area contributed by atoms with Crippen LogP contribution in [0.1, 0.15) is 6.92 Å². The van der Waals surface area contributed by atoms with Crippen molar-refractivity contribution in [2.45, 2.75) is 17.7 Å². The van der Waals surface area contributed by atoms with Crippen molar-refractivity contribution in [1.82, 2.24) is 0 Å². The van der Waals surface area contributed by atoms with Crippen molar-refractivity contribution < 1.29 is 36.6 Å². The highest BCUT2D eigenvalue weighted by Crippen LogP contribution is 2.20. The zero-order valence-corrected chi connectivity index (χ0v) is 10.1. The highest BCUT2D eigenvalue weighted by molar-refractivity contribution is 6.31. The second-order valence-electron chi connectivity index (χ2n) is 2.21. The average molecular weight is 303 g/mol. The Morgan fingerprint density at radius 3 is 1.47 bits per heavy atom. The van der Waals surface area contributed by atoms with Crippen LogP contribution in [0, 0.1) is 0 Å². The molecule has 0 saturated carbocycles. The van der Waals surface area contributed by atoms with Gasteiger partial charge >= 0.3 is 22.7 Å². The Balaban J connectivity index is 0. The average Bonchev–Trinajstić information content (AvgIpc) is 2.15. The SMILES string of the molecule is CCOC(=O)C(F)(F)Cl.COC(=O)C(F)(F)Cl. The summed E-state index contributed by atoms with van der Waals surface area (Å²) in [4.78, 5) is 19.7. The van der Waals surface area contributed by atoms with E-state index in [2.05, 4.69) is 32.7 Å². The molecule has 0 saturated heterocycles. The first-order valence-corrected chi connectivity index (χ1v) is 4.61. The van der Waals surface area contributed by atoms with E-state index in [4.69, 9.17) is 0 Å². The molecule has 0 spiro atoms. The third-order valence-corrected chi connectivity index (χ3v) is 1.23. The van der Waals surface area contributed by atoms with E-state index in [0.29, 0.717) is 0 Å². The lowest BCUT2D eigenvalue weighted by Crippen LogP contribution is -2.23. The fourth-order valence-electron chi connectivity index (χ4n) is 0.329. The largest absolute Gasteiger partial charge is 0.464 e. The Bertz CT molecular complexity index is 262. The van der Waals surface area contributed by atoms with Gasteiger partial charge < -0.3 is 9.47 Å². The van der Waals surface area contributed by atoms with Crippen molar-refractivity contribution in [3.8, 4) is 0 Å². The van der Waals surface area contributed by atoms with E-state index in [-0.39, 0.29) is 6.61 Å². The first-order chi connectivity index (χ1) is 7.46. The van der Waals surface area contributed by atoms with Crippen LogP contribution in [-0.2, 0) is 19.1 Å². The number of ether oxygens (including phenoxy) is 2. The van der Waals surface area contributed by atoms with Gasteiger partial charge in [0.1, 0.15) is 0 Å². The fourth-order valence-corrected chi connectivity index (χ4v) is 0.460. The second-order valence-corrected chi connectivity index (χ2v) is 3.16. The van der Waals surface area contributed by atoms with Crippen LogP contribution in [0.2, 0.25) is 0 Å². The van der Waals surface area contributed by atoms with E-state index in [1.807, 2.05) is 0 Å². The summed E-state index contributed by atoms with van der Waals surface area (Å²) in [6, 6.07) is 0. The number of carbonyl (C=O) groups is 2. The van der Waals surface area contributed by atoms with Crippen LogP contribution in [0.4, 0.5) is 17.6 Å². The maximum Gasteiger partial charge on any atom is 0.417 e. The summed E-state index contributed by atoms with van der Waals surface area (Å²) < 4.78 is 53.5. The number of esters is 2. The van der Waals surface area contributed by atoms with Gasteiger partial charge in [0.2, 0.25) is 0 Å². The van der Waals surface area contributed by atoms with Gasteiger partial charge in [-0.05, 0) is 30.1 Å². The van der Waals surface area contributed by atoms with Crippen LogP contribution in [0.25, 0.3) is 0 Å². The lowest BCUT2D eigenvalue weighted by atomic mass is 10.7. The molecule has 0 unspecified atom stereocenters. The molecule has 0 heterocycles. The van der Waals surface area contributed by atoms with Crippen LogP contribution >= 0.6 is 23.2 Å². The molecule has 0 aliphatic carbocycles. The summed E-state index contributed by atoms with van der Waals surface area (Å²) in [5.41, 5.74) is 0. The molecule has 0 fully saturated rings. The summed E-state index contributed by atoms with van der Waals surface area (Å²) in [6.07, 6.45) is 0. The predicted octanol–water partition coefficient (Wildman–Crippen LogP) is 2.37. The molecule has 0 aromatic heterocycles. The zero-order valence-electron chi connectivity index (χ0n) is 8.61. The van der Waals surface area contributed by atoms with Crippen LogP contribution < -0.4 is 0 Å². The minimum absolute atomic E-state index is 0.0961. The Morgan fingerprint density at radius 1 is 1.06 bits per heavy atom. The Kier molecular flexibility index (Phi) is 8.25. The Labute approximate surface area is 104 Å². The minimum atomic E-state index is -3.88. The normalized spacial score (nSPS) is 11.1. The van der Waals surface area contributed by atoms with Gasteiger partial charge in [0, 0.05) is 0 Å². The summed E-state index contributed by atoms with van der Waals surface area (Å²) >= 11 is 8.43. The molecule has 0 radical (unpaired) electrons. The van der Waals surface area contributed by atoms with E-state index in [0.717, 1.165) is 7.11 Å². The lowest BCUT2D eigenvalue weighted by molar-refractivity contribution is -0.160. The highest BCUT2D eigenvalue weighted by Gasteiger charge is 2.37. The molecule has 0 aliphatic heterocycles. The molecular formula is C7H8Cl2F4O4. The summed E-state index contributed by atoms with van der Waals surface area (Å²) in [7, 11) is 0.832. The molecule has 10 heteroatoms. The molecule has 0 N–H and O–H groups in total. The number of hydrogen-bond acceptors (Lipinski definition) is 4. The molecule has 0 aromatic rings. The lowest BCUT2D eigenvalue weighted by Gasteiger charge is -2.04. The van der Waals surface area contributed by atoms with E-state index >= 15 is 0 Å². The Morgan fingerprint density at radius 2 is 1.41 bits per heavy atom. The first kappa shape index (κ1) is 18.6.